The number of anilines is 1. The lowest BCUT2D eigenvalue weighted by atomic mass is 10.1. The SMILES string of the molecule is C=CS(=O)(=O)NC(=O)c1cnc(N2CCC(F)(F)CC2)c(-c2ccc(F)cc2)n1. The Balaban J connectivity index is 2.01. The van der Waals surface area contributed by atoms with Crippen LogP contribution in [0.1, 0.15) is 23.3 Å². The molecule has 11 heteroatoms. The fourth-order valence-corrected chi connectivity index (χ4v) is 3.24. The number of benzene rings is 1. The van der Waals surface area contributed by atoms with Gasteiger partial charge in [0.2, 0.25) is 0 Å². The van der Waals surface area contributed by atoms with Gasteiger partial charge in [0.15, 0.2) is 5.82 Å². The summed E-state index contributed by atoms with van der Waals surface area (Å²) in [4.78, 5) is 22.2. The summed E-state index contributed by atoms with van der Waals surface area (Å²) in [5, 5.41) is 0.571. The Morgan fingerprint density at radius 1 is 1.21 bits per heavy atom. The number of carbonyl (C=O) groups is 1. The molecule has 2 heterocycles. The topological polar surface area (TPSA) is 92.3 Å². The van der Waals surface area contributed by atoms with Crippen molar-refractivity contribution in [2.24, 2.45) is 0 Å². The zero-order valence-corrected chi connectivity index (χ0v) is 15.9. The molecule has 0 bridgehead atoms. The quantitative estimate of drug-likeness (QED) is 0.791. The predicted molar refractivity (Wildman–Crippen MR) is 100 cm³/mol. The smallest absolute Gasteiger partial charge is 0.285 e. The third-order valence-corrected chi connectivity index (χ3v) is 5.26. The van der Waals surface area contributed by atoms with E-state index in [9.17, 15) is 26.4 Å². The first kappa shape index (κ1) is 20.8. The zero-order chi connectivity index (χ0) is 21.2. The van der Waals surface area contributed by atoms with Crippen LogP contribution in [0.15, 0.2) is 42.4 Å². The fraction of sp³-hybridized carbons (Fsp3) is 0.278. The molecule has 0 spiro atoms. The highest BCUT2D eigenvalue weighted by molar-refractivity contribution is 7.92. The second kappa shape index (κ2) is 7.82. The molecule has 1 aliphatic heterocycles. The summed E-state index contributed by atoms with van der Waals surface area (Å²) in [5.41, 5.74) is 0.243. The van der Waals surface area contributed by atoms with Crippen LogP contribution in [-0.2, 0) is 10.0 Å². The number of carbonyl (C=O) groups excluding carboxylic acids is 1. The Hall–Kier alpha value is -2.95. The van der Waals surface area contributed by atoms with Gasteiger partial charge in [0.1, 0.15) is 17.2 Å². The summed E-state index contributed by atoms with van der Waals surface area (Å²) in [6, 6.07) is 5.17. The number of amides is 1. The summed E-state index contributed by atoms with van der Waals surface area (Å²) in [7, 11) is -4.04. The average Bonchev–Trinajstić information content (AvgIpc) is 2.68. The molecule has 0 atom stereocenters. The van der Waals surface area contributed by atoms with Crippen LogP contribution in [0.2, 0.25) is 0 Å². The van der Waals surface area contributed by atoms with Gasteiger partial charge in [0.05, 0.1) is 6.20 Å². The minimum atomic E-state index is -4.04. The molecule has 0 saturated carbocycles. The Kier molecular flexibility index (Phi) is 5.60. The molecule has 0 aliphatic carbocycles. The van der Waals surface area contributed by atoms with Gasteiger partial charge in [-0.15, -0.1) is 0 Å². The number of hydrogen-bond donors (Lipinski definition) is 1. The maximum absolute atomic E-state index is 13.5. The highest BCUT2D eigenvalue weighted by Gasteiger charge is 2.35. The van der Waals surface area contributed by atoms with E-state index in [0.29, 0.717) is 11.0 Å². The molecule has 1 N–H and O–H groups in total. The third-order valence-electron chi connectivity index (χ3n) is 4.35. The van der Waals surface area contributed by atoms with Gasteiger partial charge in [-0.25, -0.2) is 36.3 Å². The molecule has 1 saturated heterocycles. The van der Waals surface area contributed by atoms with Gasteiger partial charge in [0, 0.05) is 36.9 Å². The van der Waals surface area contributed by atoms with Crippen LogP contribution in [0, 0.1) is 5.82 Å². The van der Waals surface area contributed by atoms with Crippen LogP contribution in [-0.4, -0.2) is 43.3 Å². The first-order valence-electron chi connectivity index (χ1n) is 8.55. The van der Waals surface area contributed by atoms with Gasteiger partial charge < -0.3 is 4.90 Å². The van der Waals surface area contributed by atoms with Gasteiger partial charge in [-0.3, -0.25) is 4.79 Å². The highest BCUT2D eigenvalue weighted by atomic mass is 32.2. The molecule has 3 rings (SSSR count). The van der Waals surface area contributed by atoms with E-state index in [1.165, 1.54) is 24.3 Å². The number of aromatic nitrogens is 2. The van der Waals surface area contributed by atoms with E-state index in [1.807, 2.05) is 0 Å². The Morgan fingerprint density at radius 3 is 2.41 bits per heavy atom. The van der Waals surface area contributed by atoms with E-state index in [4.69, 9.17) is 0 Å². The number of alkyl halides is 2. The number of piperidine rings is 1. The van der Waals surface area contributed by atoms with E-state index in [1.54, 1.807) is 9.62 Å². The van der Waals surface area contributed by atoms with Gasteiger partial charge >= 0.3 is 0 Å². The molecule has 1 amide bonds. The van der Waals surface area contributed by atoms with Crippen molar-refractivity contribution in [1.29, 1.82) is 0 Å². The molecule has 2 aromatic rings. The third kappa shape index (κ3) is 4.91. The van der Waals surface area contributed by atoms with Crippen molar-refractivity contribution in [2.45, 2.75) is 18.8 Å². The normalized spacial score (nSPS) is 16.3. The van der Waals surface area contributed by atoms with Crippen LogP contribution < -0.4 is 9.62 Å². The van der Waals surface area contributed by atoms with Crippen molar-refractivity contribution in [3.63, 3.8) is 0 Å². The van der Waals surface area contributed by atoms with Crippen LogP contribution in [0.5, 0.6) is 0 Å². The highest BCUT2D eigenvalue weighted by Crippen LogP contribution is 2.34. The molecule has 1 fully saturated rings. The molecule has 1 aromatic carbocycles. The molecular formula is C18H17F3N4O3S. The van der Waals surface area contributed by atoms with Crippen LogP contribution >= 0.6 is 0 Å². The van der Waals surface area contributed by atoms with E-state index >= 15 is 0 Å². The van der Waals surface area contributed by atoms with E-state index in [2.05, 4.69) is 16.5 Å². The molecule has 0 unspecified atom stereocenters. The maximum atomic E-state index is 13.5. The summed E-state index contributed by atoms with van der Waals surface area (Å²) in [5.74, 6) is -4.04. The second-order valence-electron chi connectivity index (χ2n) is 6.42. The molecule has 0 radical (unpaired) electrons. The van der Waals surface area contributed by atoms with Gasteiger partial charge in [-0.05, 0) is 24.3 Å². The van der Waals surface area contributed by atoms with Gasteiger partial charge in [-0.2, -0.15) is 0 Å². The van der Waals surface area contributed by atoms with E-state index < -0.39 is 27.7 Å². The molecule has 1 aliphatic rings. The van der Waals surface area contributed by atoms with E-state index in [-0.39, 0.29) is 43.1 Å². The lowest BCUT2D eigenvalue weighted by Gasteiger charge is -2.33. The minimum Gasteiger partial charge on any atom is -0.354 e. The van der Waals surface area contributed by atoms with Crippen molar-refractivity contribution in [3.8, 4) is 11.3 Å². The van der Waals surface area contributed by atoms with Crippen molar-refractivity contribution in [2.75, 3.05) is 18.0 Å². The zero-order valence-electron chi connectivity index (χ0n) is 15.1. The summed E-state index contributed by atoms with van der Waals surface area (Å²) < 4.78 is 65.1. The molecule has 1 aromatic heterocycles. The predicted octanol–water partition coefficient (Wildman–Crippen LogP) is 2.72. The Labute approximate surface area is 165 Å². The maximum Gasteiger partial charge on any atom is 0.285 e. The largest absolute Gasteiger partial charge is 0.354 e. The number of nitrogens with zero attached hydrogens (tertiary/aromatic N) is 3. The fourth-order valence-electron chi connectivity index (χ4n) is 2.79. The summed E-state index contributed by atoms with van der Waals surface area (Å²) in [6.07, 6.45) is 0.331. The van der Waals surface area contributed by atoms with Gasteiger partial charge in [0.25, 0.3) is 21.9 Å². The Bertz CT molecular complexity index is 1030. The van der Waals surface area contributed by atoms with Crippen molar-refractivity contribution < 1.29 is 26.4 Å². The van der Waals surface area contributed by atoms with Crippen molar-refractivity contribution >= 4 is 21.7 Å². The first-order chi connectivity index (χ1) is 13.6. The standard InChI is InChI=1S/C18H17F3N4O3S/c1-2-29(27,28)24-17(26)14-11-22-16(25-9-7-18(20,21)8-10-25)15(23-14)12-3-5-13(19)6-4-12/h2-6,11H,1,7-10H2,(H,24,26). The van der Waals surface area contributed by atoms with Crippen molar-refractivity contribution in [1.82, 2.24) is 14.7 Å². The number of hydrogen-bond acceptors (Lipinski definition) is 6. The van der Waals surface area contributed by atoms with Crippen LogP contribution in [0.3, 0.4) is 0 Å². The van der Waals surface area contributed by atoms with E-state index in [0.717, 1.165) is 6.20 Å². The van der Waals surface area contributed by atoms with Gasteiger partial charge in [-0.1, -0.05) is 6.58 Å². The molecule has 7 nitrogen and oxygen atoms in total. The molecule has 29 heavy (non-hydrogen) atoms. The lowest BCUT2D eigenvalue weighted by molar-refractivity contribution is -0.0221. The second-order valence-corrected chi connectivity index (χ2v) is 8.05. The lowest BCUT2D eigenvalue weighted by Crippen LogP contribution is -2.40. The Morgan fingerprint density at radius 2 is 1.83 bits per heavy atom. The number of rotatable bonds is 5. The number of nitrogens with one attached hydrogen (secondary N) is 1. The number of halogens is 3. The van der Waals surface area contributed by atoms with Crippen LogP contribution in [0.25, 0.3) is 11.3 Å². The summed E-state index contributed by atoms with van der Waals surface area (Å²) >= 11 is 0. The monoisotopic (exact) mass is 426 g/mol. The minimum absolute atomic E-state index is 0.0201. The molecular weight excluding hydrogens is 409 g/mol. The van der Waals surface area contributed by atoms with Crippen LogP contribution in [0.4, 0.5) is 19.0 Å². The van der Waals surface area contributed by atoms with Crippen molar-refractivity contribution in [3.05, 3.63) is 54.0 Å². The summed E-state index contributed by atoms with van der Waals surface area (Å²) in [6.45, 7) is 3.14. The first-order valence-corrected chi connectivity index (χ1v) is 10.1. The average molecular weight is 426 g/mol. The number of sulfonamides is 1. The molecule has 154 valence electrons.